The van der Waals surface area contributed by atoms with E-state index in [1.807, 2.05) is 54.5 Å². The molecule has 1 fully saturated rings. The van der Waals surface area contributed by atoms with Gasteiger partial charge in [-0.25, -0.2) is 0 Å². The predicted octanol–water partition coefficient (Wildman–Crippen LogP) is 4.00. The molecular weight excluding hydrogens is 374 g/mol. The van der Waals surface area contributed by atoms with Crippen molar-refractivity contribution in [2.24, 2.45) is 0 Å². The molecule has 146 valence electrons. The maximum Gasteiger partial charge on any atom is 0.264 e. The molecule has 0 spiro atoms. The van der Waals surface area contributed by atoms with Crippen LogP contribution in [-0.4, -0.2) is 40.6 Å². The van der Waals surface area contributed by atoms with Gasteiger partial charge in [-0.15, -0.1) is 11.3 Å². The first-order valence-corrected chi connectivity index (χ1v) is 10.3. The van der Waals surface area contributed by atoms with Gasteiger partial charge >= 0.3 is 0 Å². The lowest BCUT2D eigenvalue weighted by molar-refractivity contribution is 0.0793. The van der Waals surface area contributed by atoms with Gasteiger partial charge in [0.2, 0.25) is 5.89 Å². The van der Waals surface area contributed by atoms with Crippen molar-refractivity contribution in [1.82, 2.24) is 15.0 Å². The molecule has 0 bridgehead atoms. The molecule has 2 aromatic heterocycles. The zero-order valence-electron chi connectivity index (χ0n) is 16.1. The van der Waals surface area contributed by atoms with Crippen LogP contribution in [0.15, 0.2) is 40.2 Å². The SMILES string of the molecule is Cc1cccc(OCCc2noc(C3CCN(C(=O)c4sccc4C)C3)n2)c1. The van der Waals surface area contributed by atoms with Crippen molar-refractivity contribution in [2.45, 2.75) is 32.6 Å². The molecule has 0 N–H and O–H groups in total. The van der Waals surface area contributed by atoms with Gasteiger partial charge in [0.1, 0.15) is 5.75 Å². The number of benzene rings is 1. The number of thiophene rings is 1. The normalized spacial score (nSPS) is 16.5. The van der Waals surface area contributed by atoms with Crippen LogP contribution in [0.3, 0.4) is 0 Å². The van der Waals surface area contributed by atoms with E-state index in [0.29, 0.717) is 31.3 Å². The van der Waals surface area contributed by atoms with E-state index in [9.17, 15) is 4.79 Å². The molecule has 1 aliphatic rings. The van der Waals surface area contributed by atoms with Gasteiger partial charge < -0.3 is 14.2 Å². The monoisotopic (exact) mass is 397 g/mol. The van der Waals surface area contributed by atoms with Crippen LogP contribution in [-0.2, 0) is 6.42 Å². The van der Waals surface area contributed by atoms with Crippen LogP contribution in [0.1, 0.15) is 44.9 Å². The number of ether oxygens (including phenoxy) is 1. The number of hydrogen-bond donors (Lipinski definition) is 0. The Morgan fingerprint density at radius 3 is 3.04 bits per heavy atom. The van der Waals surface area contributed by atoms with Gasteiger partial charge in [0.15, 0.2) is 5.82 Å². The van der Waals surface area contributed by atoms with Crippen LogP contribution in [0, 0.1) is 13.8 Å². The lowest BCUT2D eigenvalue weighted by Crippen LogP contribution is -2.28. The second-order valence-electron chi connectivity index (χ2n) is 7.13. The highest BCUT2D eigenvalue weighted by molar-refractivity contribution is 7.12. The summed E-state index contributed by atoms with van der Waals surface area (Å²) in [6, 6.07) is 9.93. The minimum absolute atomic E-state index is 0.0984. The number of nitrogens with zero attached hydrogens (tertiary/aromatic N) is 3. The lowest BCUT2D eigenvalue weighted by atomic mass is 10.1. The average molecular weight is 398 g/mol. The van der Waals surface area contributed by atoms with Crippen molar-refractivity contribution in [3.63, 3.8) is 0 Å². The highest BCUT2D eigenvalue weighted by atomic mass is 32.1. The van der Waals surface area contributed by atoms with Gasteiger partial charge in [0.05, 0.1) is 17.4 Å². The fraction of sp³-hybridized carbons (Fsp3) is 0.381. The topological polar surface area (TPSA) is 68.5 Å². The molecule has 0 aliphatic carbocycles. The third-order valence-corrected chi connectivity index (χ3v) is 5.95. The first kappa shape index (κ1) is 18.7. The molecule has 6 nitrogen and oxygen atoms in total. The maximum absolute atomic E-state index is 12.7. The summed E-state index contributed by atoms with van der Waals surface area (Å²) in [6.07, 6.45) is 1.43. The first-order valence-electron chi connectivity index (χ1n) is 9.45. The Hall–Kier alpha value is -2.67. The number of aryl methyl sites for hydroxylation is 2. The van der Waals surface area contributed by atoms with Crippen molar-refractivity contribution in [2.75, 3.05) is 19.7 Å². The molecule has 0 saturated carbocycles. The molecule has 1 aromatic carbocycles. The van der Waals surface area contributed by atoms with E-state index in [2.05, 4.69) is 10.1 Å². The molecule has 1 aliphatic heterocycles. The largest absolute Gasteiger partial charge is 0.493 e. The summed E-state index contributed by atoms with van der Waals surface area (Å²) in [7, 11) is 0. The van der Waals surface area contributed by atoms with Crippen molar-refractivity contribution in [3.05, 3.63) is 63.4 Å². The van der Waals surface area contributed by atoms with Gasteiger partial charge in [-0.2, -0.15) is 4.98 Å². The fourth-order valence-corrected chi connectivity index (χ4v) is 4.27. The summed E-state index contributed by atoms with van der Waals surface area (Å²) in [5.74, 6) is 2.30. The van der Waals surface area contributed by atoms with Crippen molar-refractivity contribution >= 4 is 17.2 Å². The Kier molecular flexibility index (Phi) is 5.43. The quantitative estimate of drug-likeness (QED) is 0.629. The van der Waals surface area contributed by atoms with Gasteiger partial charge in [-0.05, 0) is 55.0 Å². The number of rotatable bonds is 6. The molecule has 3 aromatic rings. The second kappa shape index (κ2) is 8.14. The highest BCUT2D eigenvalue weighted by Crippen LogP contribution is 2.28. The fourth-order valence-electron chi connectivity index (χ4n) is 3.38. The molecule has 0 radical (unpaired) electrons. The summed E-state index contributed by atoms with van der Waals surface area (Å²) in [5, 5.41) is 6.03. The molecule has 4 rings (SSSR count). The molecular formula is C21H23N3O3S. The van der Waals surface area contributed by atoms with Crippen LogP contribution in [0.25, 0.3) is 0 Å². The minimum atomic E-state index is 0.0984. The number of carbonyl (C=O) groups excluding carboxylic acids is 1. The lowest BCUT2D eigenvalue weighted by Gasteiger charge is -2.15. The molecule has 7 heteroatoms. The summed E-state index contributed by atoms with van der Waals surface area (Å²) in [5.41, 5.74) is 2.20. The molecule has 1 atom stereocenters. The average Bonchev–Trinajstić information content (AvgIpc) is 3.41. The summed E-state index contributed by atoms with van der Waals surface area (Å²) >= 11 is 1.50. The maximum atomic E-state index is 12.7. The van der Waals surface area contributed by atoms with Crippen LogP contribution < -0.4 is 4.74 Å². The number of carbonyl (C=O) groups is 1. The van der Waals surface area contributed by atoms with Crippen LogP contribution in [0.2, 0.25) is 0 Å². The van der Waals surface area contributed by atoms with Gasteiger partial charge in [-0.1, -0.05) is 17.3 Å². The highest BCUT2D eigenvalue weighted by Gasteiger charge is 2.32. The van der Waals surface area contributed by atoms with E-state index in [-0.39, 0.29) is 11.8 Å². The Bertz CT molecular complexity index is 965. The second-order valence-corrected chi connectivity index (χ2v) is 8.05. The molecule has 28 heavy (non-hydrogen) atoms. The number of hydrogen-bond acceptors (Lipinski definition) is 6. The zero-order chi connectivity index (χ0) is 19.5. The summed E-state index contributed by atoms with van der Waals surface area (Å²) in [6.45, 7) is 5.84. The Morgan fingerprint density at radius 2 is 2.25 bits per heavy atom. The third kappa shape index (κ3) is 4.09. The van der Waals surface area contributed by atoms with Gasteiger partial charge in [-0.3, -0.25) is 4.79 Å². The Balaban J connectivity index is 1.31. The minimum Gasteiger partial charge on any atom is -0.493 e. The third-order valence-electron chi connectivity index (χ3n) is 4.95. The number of aromatic nitrogens is 2. The van der Waals surface area contributed by atoms with E-state index in [1.165, 1.54) is 11.3 Å². The molecule has 3 heterocycles. The zero-order valence-corrected chi connectivity index (χ0v) is 16.9. The van der Waals surface area contributed by atoms with Crippen LogP contribution in [0.4, 0.5) is 0 Å². The molecule has 1 amide bonds. The predicted molar refractivity (Wildman–Crippen MR) is 107 cm³/mol. The number of amides is 1. The van der Waals surface area contributed by atoms with E-state index in [1.54, 1.807) is 0 Å². The Labute approximate surface area is 168 Å². The van der Waals surface area contributed by atoms with E-state index < -0.39 is 0 Å². The smallest absolute Gasteiger partial charge is 0.264 e. The van der Waals surface area contributed by atoms with E-state index in [4.69, 9.17) is 9.26 Å². The van der Waals surface area contributed by atoms with E-state index >= 15 is 0 Å². The number of likely N-dealkylation sites (tertiary alicyclic amines) is 1. The van der Waals surface area contributed by atoms with Crippen LogP contribution in [0.5, 0.6) is 5.75 Å². The van der Waals surface area contributed by atoms with Gasteiger partial charge in [0.25, 0.3) is 5.91 Å². The molecule has 1 unspecified atom stereocenters. The van der Waals surface area contributed by atoms with Crippen molar-refractivity contribution in [3.8, 4) is 5.75 Å². The van der Waals surface area contributed by atoms with Crippen molar-refractivity contribution in [1.29, 1.82) is 0 Å². The summed E-state index contributed by atoms with van der Waals surface area (Å²) in [4.78, 5) is 19.9. The van der Waals surface area contributed by atoms with E-state index in [0.717, 1.165) is 34.7 Å². The molecule has 1 saturated heterocycles. The summed E-state index contributed by atoms with van der Waals surface area (Å²) < 4.78 is 11.2. The standard InChI is InChI=1S/C21H23N3O3S/c1-14-4-3-5-17(12-14)26-10-7-18-22-20(27-23-18)16-6-9-24(13-16)21(25)19-15(2)8-11-28-19/h3-5,8,11-12,16H,6-7,9-10,13H2,1-2H3. The van der Waals surface area contributed by atoms with Gasteiger partial charge in [0, 0.05) is 19.5 Å². The first-order chi connectivity index (χ1) is 13.6. The van der Waals surface area contributed by atoms with Crippen molar-refractivity contribution < 1.29 is 14.1 Å². The Morgan fingerprint density at radius 1 is 1.36 bits per heavy atom. The van der Waals surface area contributed by atoms with Crippen LogP contribution >= 0.6 is 11.3 Å².